The van der Waals surface area contributed by atoms with Crippen LogP contribution in [0.5, 0.6) is 0 Å². The minimum atomic E-state index is -6.08. The Balaban J connectivity index is 1.30. The molecule has 2 heterocycles. The number of H-pyrrole nitrogens is 1. The van der Waals surface area contributed by atoms with E-state index in [-0.39, 0.29) is 6.42 Å². The third-order valence-electron chi connectivity index (χ3n) is 5.37. The van der Waals surface area contributed by atoms with Gasteiger partial charge >= 0.3 is 5.69 Å². The summed E-state index contributed by atoms with van der Waals surface area (Å²) < 4.78 is 58.8. The lowest BCUT2D eigenvalue weighted by Crippen LogP contribution is -2.32. The molecule has 1 aliphatic rings. The molecule has 0 saturated carbocycles. The number of phosphoric acid groups is 3. The second kappa shape index (κ2) is 11.7. The third kappa shape index (κ3) is 8.12. The average Bonchev–Trinajstić information content (AvgIpc) is 3.20. The molecule has 3 aromatic rings. The molecule has 212 valence electrons. The Morgan fingerprint density at radius 1 is 0.949 bits per heavy atom. The molecular formula is C20H20N2O14P3-3. The molecule has 1 fully saturated rings. The maximum atomic E-state index is 12.0. The molecular weight excluding hydrogens is 585 g/mol. The van der Waals surface area contributed by atoms with E-state index in [0.717, 1.165) is 27.6 Å². The number of nitrogens with zero attached hydrogens (tertiary/aromatic N) is 1. The van der Waals surface area contributed by atoms with Crippen LogP contribution in [-0.2, 0) is 42.7 Å². The molecule has 1 aromatic heterocycles. The first-order valence-electron chi connectivity index (χ1n) is 11.0. The van der Waals surface area contributed by atoms with E-state index in [1.54, 1.807) is 30.3 Å². The van der Waals surface area contributed by atoms with Gasteiger partial charge in [-0.1, -0.05) is 36.4 Å². The van der Waals surface area contributed by atoms with Crippen molar-refractivity contribution in [2.75, 3.05) is 6.61 Å². The molecule has 0 radical (unpaired) electrons. The van der Waals surface area contributed by atoms with Gasteiger partial charge in [-0.3, -0.25) is 28.0 Å². The first-order chi connectivity index (χ1) is 18.2. The molecule has 0 spiro atoms. The molecule has 0 aliphatic carbocycles. The van der Waals surface area contributed by atoms with Gasteiger partial charge in [0, 0.05) is 18.7 Å². The lowest BCUT2D eigenvalue weighted by molar-refractivity contribution is -0.252. The number of rotatable bonds is 11. The molecule has 1 aliphatic heterocycles. The Hall–Kier alpha value is -2.29. The van der Waals surface area contributed by atoms with E-state index in [9.17, 15) is 43.1 Å². The van der Waals surface area contributed by atoms with Crippen molar-refractivity contribution >= 4 is 34.2 Å². The number of aliphatic hydroxyl groups excluding tert-OH is 1. The molecule has 6 atom stereocenters. The number of benzene rings is 2. The zero-order valence-corrected chi connectivity index (χ0v) is 22.3. The summed E-state index contributed by atoms with van der Waals surface area (Å²) >= 11 is 0. The van der Waals surface area contributed by atoms with Crippen LogP contribution in [0.1, 0.15) is 18.2 Å². The van der Waals surface area contributed by atoms with Crippen molar-refractivity contribution in [2.45, 2.75) is 31.5 Å². The molecule has 3 unspecified atom stereocenters. The number of hydrogen-bond acceptors (Lipinski definition) is 14. The predicted octanol–water partition coefficient (Wildman–Crippen LogP) is 0.0100. The van der Waals surface area contributed by atoms with Crippen molar-refractivity contribution in [3.63, 3.8) is 0 Å². The normalized spacial score (nSPS) is 24.2. The zero-order valence-electron chi connectivity index (χ0n) is 19.6. The van der Waals surface area contributed by atoms with E-state index >= 15 is 0 Å². The van der Waals surface area contributed by atoms with Crippen LogP contribution in [0.25, 0.3) is 10.8 Å². The highest BCUT2D eigenvalue weighted by molar-refractivity contribution is 7.65. The van der Waals surface area contributed by atoms with Crippen LogP contribution >= 0.6 is 23.5 Å². The van der Waals surface area contributed by atoms with Crippen molar-refractivity contribution in [1.29, 1.82) is 0 Å². The van der Waals surface area contributed by atoms with Crippen molar-refractivity contribution in [1.82, 2.24) is 9.55 Å². The second-order valence-electron chi connectivity index (χ2n) is 8.21. The largest absolute Gasteiger partial charge is 0.756 e. The van der Waals surface area contributed by atoms with Gasteiger partial charge in [-0.05, 0) is 22.4 Å². The third-order valence-corrected chi connectivity index (χ3v) is 9.48. The van der Waals surface area contributed by atoms with Gasteiger partial charge in [0.2, 0.25) is 0 Å². The Labute approximate surface area is 219 Å². The SMILES string of the molecule is O=c1ccn([C@H]2C[C@@H](O)[C@@H](COP(=O)([O-])OP(=O)([O-])OP(=O)([O-])OCc3ccc4ccccc4c3)O2)c(=O)[nH]1. The van der Waals surface area contributed by atoms with Crippen LogP contribution in [0, 0.1) is 0 Å². The Bertz CT molecular complexity index is 1610. The Kier molecular flexibility index (Phi) is 8.89. The predicted molar refractivity (Wildman–Crippen MR) is 126 cm³/mol. The van der Waals surface area contributed by atoms with Crippen molar-refractivity contribution < 1.29 is 55.9 Å². The summed E-state index contributed by atoms with van der Waals surface area (Å²) in [5.41, 5.74) is -1.18. The number of nitrogens with one attached hydrogen (secondary N) is 1. The fourth-order valence-electron chi connectivity index (χ4n) is 3.64. The standard InChI is InChI=1S/C20H23N2O14P3/c23-16-10-19(22-8-7-18(24)21-20(22)25)34-17(16)12-33-38(28,29)36-39(30,31)35-37(26,27)32-11-13-5-6-14-3-1-2-4-15(14)9-13/h1-9,16-17,19,23H,10-12H2,(H,26,27)(H,28,29)(H,30,31)(H,21,24,25)/p-3/t16-,17-,19-/m1/s1. The first kappa shape index (κ1) is 29.7. The van der Waals surface area contributed by atoms with Gasteiger partial charge in [0.15, 0.2) is 0 Å². The van der Waals surface area contributed by atoms with Gasteiger partial charge in [0.1, 0.15) is 12.3 Å². The topological polar surface area (TPSA) is 242 Å². The number of phosphoric ester groups is 2. The Morgan fingerprint density at radius 3 is 2.31 bits per heavy atom. The Morgan fingerprint density at radius 2 is 1.62 bits per heavy atom. The number of aromatic amines is 1. The van der Waals surface area contributed by atoms with Gasteiger partial charge in [-0.25, -0.2) is 13.4 Å². The summed E-state index contributed by atoms with van der Waals surface area (Å²) in [5, 5.41) is 11.7. The van der Waals surface area contributed by atoms with E-state index in [1.165, 1.54) is 6.07 Å². The van der Waals surface area contributed by atoms with Gasteiger partial charge in [-0.15, -0.1) is 0 Å². The van der Waals surface area contributed by atoms with Gasteiger partial charge in [0.25, 0.3) is 29.0 Å². The van der Waals surface area contributed by atoms with Crippen molar-refractivity contribution in [3.8, 4) is 0 Å². The highest BCUT2D eigenvalue weighted by Gasteiger charge is 2.37. The van der Waals surface area contributed by atoms with Crippen LogP contribution in [0.3, 0.4) is 0 Å². The fraction of sp³-hybridized carbons (Fsp3) is 0.300. The molecule has 39 heavy (non-hydrogen) atoms. The van der Waals surface area contributed by atoms with Crippen LogP contribution in [0.2, 0.25) is 0 Å². The summed E-state index contributed by atoms with van der Waals surface area (Å²) in [5.74, 6) is 0. The van der Waals surface area contributed by atoms with Crippen molar-refractivity contribution in [3.05, 3.63) is 81.1 Å². The molecule has 19 heteroatoms. The molecule has 0 amide bonds. The van der Waals surface area contributed by atoms with E-state index < -0.39 is 66.4 Å². The zero-order chi connectivity index (χ0) is 28.4. The number of hydrogen-bond donors (Lipinski definition) is 2. The summed E-state index contributed by atoms with van der Waals surface area (Å²) in [6.07, 6.45) is -2.96. The molecule has 1 saturated heterocycles. The monoisotopic (exact) mass is 605 g/mol. The van der Waals surface area contributed by atoms with E-state index in [1.807, 2.05) is 11.1 Å². The summed E-state index contributed by atoms with van der Waals surface area (Å²) in [6.45, 7) is -1.59. The van der Waals surface area contributed by atoms with Crippen molar-refractivity contribution in [2.24, 2.45) is 0 Å². The maximum absolute atomic E-state index is 12.0. The lowest BCUT2D eigenvalue weighted by Gasteiger charge is -2.34. The highest BCUT2D eigenvalue weighted by Crippen LogP contribution is 2.63. The highest BCUT2D eigenvalue weighted by atomic mass is 31.3. The number of aromatic nitrogens is 2. The summed E-state index contributed by atoms with van der Waals surface area (Å²) in [7, 11) is -17.5. The second-order valence-corrected chi connectivity index (χ2v) is 12.7. The summed E-state index contributed by atoms with van der Waals surface area (Å²) in [6, 6.07) is 13.0. The van der Waals surface area contributed by atoms with E-state index in [2.05, 4.69) is 17.7 Å². The minimum absolute atomic E-state index is 0.207. The lowest BCUT2D eigenvalue weighted by atomic mass is 10.1. The molecule has 2 N–H and O–H groups in total. The number of ether oxygens (including phenoxy) is 1. The van der Waals surface area contributed by atoms with Crippen LogP contribution in [-0.4, -0.2) is 33.5 Å². The quantitative estimate of drug-likeness (QED) is 0.274. The van der Waals surface area contributed by atoms with Crippen LogP contribution < -0.4 is 25.9 Å². The van der Waals surface area contributed by atoms with Gasteiger partial charge in [-0.2, -0.15) is 0 Å². The van der Waals surface area contributed by atoms with Gasteiger partial charge < -0.3 is 33.6 Å². The molecule has 0 bridgehead atoms. The van der Waals surface area contributed by atoms with Crippen LogP contribution in [0.15, 0.2) is 64.3 Å². The maximum Gasteiger partial charge on any atom is 0.330 e. The smallest absolute Gasteiger partial charge is 0.330 e. The molecule has 2 aromatic carbocycles. The summed E-state index contributed by atoms with van der Waals surface area (Å²) in [4.78, 5) is 61.0. The van der Waals surface area contributed by atoms with Gasteiger partial charge in [0.05, 0.1) is 19.3 Å². The average molecular weight is 605 g/mol. The molecule has 16 nitrogen and oxygen atoms in total. The van der Waals surface area contributed by atoms with E-state index in [0.29, 0.717) is 5.56 Å². The molecule has 4 rings (SSSR count). The van der Waals surface area contributed by atoms with Crippen LogP contribution in [0.4, 0.5) is 0 Å². The first-order valence-corrected chi connectivity index (χ1v) is 15.4. The number of aliphatic hydroxyl groups is 1. The number of fused-ring (bicyclic) bond motifs is 1. The fourth-order valence-corrected chi connectivity index (χ4v) is 7.00. The minimum Gasteiger partial charge on any atom is -0.756 e. The van der Waals surface area contributed by atoms with E-state index in [4.69, 9.17) is 4.74 Å².